The van der Waals surface area contributed by atoms with E-state index >= 15 is 0 Å². The lowest BCUT2D eigenvalue weighted by Crippen LogP contribution is -2.19. The molecule has 0 saturated heterocycles. The molecule has 0 aliphatic carbocycles. The zero-order valence-corrected chi connectivity index (χ0v) is 17.4. The van der Waals surface area contributed by atoms with Gasteiger partial charge in [0, 0.05) is 23.7 Å². The zero-order chi connectivity index (χ0) is 20.6. The number of fused-ring (bicyclic) bond motifs is 1. The number of aryl methyl sites for hydroxylation is 2. The van der Waals surface area contributed by atoms with Gasteiger partial charge in [0.1, 0.15) is 10.6 Å². The summed E-state index contributed by atoms with van der Waals surface area (Å²) >= 11 is 0. The van der Waals surface area contributed by atoms with Crippen molar-refractivity contribution in [3.63, 3.8) is 0 Å². The highest BCUT2D eigenvalue weighted by Gasteiger charge is 2.21. The highest BCUT2D eigenvalue weighted by molar-refractivity contribution is 7.92. The number of sulfonamides is 1. The molecule has 0 radical (unpaired) electrons. The molecule has 0 unspecified atom stereocenters. The summed E-state index contributed by atoms with van der Waals surface area (Å²) in [6.07, 6.45) is 0. The van der Waals surface area contributed by atoms with Crippen LogP contribution in [0.3, 0.4) is 0 Å². The molecule has 1 N–H and O–H groups in total. The number of anilines is 1. The van der Waals surface area contributed by atoms with Crippen molar-refractivity contribution in [2.45, 2.75) is 31.6 Å². The van der Waals surface area contributed by atoms with Crippen molar-refractivity contribution < 1.29 is 13.2 Å². The van der Waals surface area contributed by atoms with E-state index in [9.17, 15) is 13.2 Å². The number of nitrogens with one attached hydrogen (secondary N) is 1. The lowest BCUT2D eigenvalue weighted by atomic mass is 10.0. The maximum absolute atomic E-state index is 12.9. The van der Waals surface area contributed by atoms with E-state index in [0.717, 1.165) is 16.5 Å². The topological polar surface area (TPSA) is 77.4 Å². The van der Waals surface area contributed by atoms with Gasteiger partial charge in [-0.3, -0.25) is 9.52 Å². The van der Waals surface area contributed by atoms with Crippen LogP contribution in [0.5, 0.6) is 5.75 Å². The van der Waals surface area contributed by atoms with Crippen LogP contribution in [0.25, 0.3) is 10.9 Å². The third-order valence-electron chi connectivity index (χ3n) is 4.80. The summed E-state index contributed by atoms with van der Waals surface area (Å²) in [7, 11) is -0.686. The number of benzene rings is 2. The Kier molecular flexibility index (Phi) is 5.21. The van der Waals surface area contributed by atoms with Gasteiger partial charge in [-0.2, -0.15) is 0 Å². The van der Waals surface area contributed by atoms with Gasteiger partial charge in [-0.05, 0) is 54.8 Å². The van der Waals surface area contributed by atoms with Crippen molar-refractivity contribution >= 4 is 26.6 Å². The standard InChI is InChI=1S/C21H24N2O4S/c1-13(2)15-6-9-20(19(12-15)27-5)28(25,26)22-17-7-8-18-16(11-17)10-14(3)21(24)23(18)4/h6-13,22H,1-5H3. The van der Waals surface area contributed by atoms with Crippen molar-refractivity contribution in [3.05, 3.63) is 63.9 Å². The first kappa shape index (κ1) is 19.9. The van der Waals surface area contributed by atoms with E-state index in [2.05, 4.69) is 4.72 Å². The van der Waals surface area contributed by atoms with Gasteiger partial charge in [0.2, 0.25) is 0 Å². The second kappa shape index (κ2) is 7.31. The second-order valence-electron chi connectivity index (χ2n) is 7.14. The largest absolute Gasteiger partial charge is 0.495 e. The third kappa shape index (κ3) is 3.62. The van der Waals surface area contributed by atoms with Crippen LogP contribution in [-0.4, -0.2) is 20.1 Å². The predicted molar refractivity (Wildman–Crippen MR) is 112 cm³/mol. The van der Waals surface area contributed by atoms with Crippen LogP contribution in [-0.2, 0) is 17.1 Å². The van der Waals surface area contributed by atoms with Crippen LogP contribution in [0.15, 0.2) is 52.2 Å². The first-order chi connectivity index (χ1) is 13.1. The Morgan fingerprint density at radius 2 is 1.79 bits per heavy atom. The van der Waals surface area contributed by atoms with Crippen molar-refractivity contribution in [3.8, 4) is 5.75 Å². The summed E-state index contributed by atoms with van der Waals surface area (Å²) in [5.41, 5.74) is 2.67. The van der Waals surface area contributed by atoms with Crippen LogP contribution in [0, 0.1) is 6.92 Å². The zero-order valence-electron chi connectivity index (χ0n) is 16.6. The molecule has 6 nitrogen and oxygen atoms in total. The molecule has 3 aromatic rings. The van der Waals surface area contributed by atoms with Crippen molar-refractivity contribution in [1.82, 2.24) is 4.57 Å². The van der Waals surface area contributed by atoms with Crippen molar-refractivity contribution in [2.24, 2.45) is 7.05 Å². The number of rotatable bonds is 5. The van der Waals surface area contributed by atoms with E-state index in [1.165, 1.54) is 7.11 Å². The van der Waals surface area contributed by atoms with Gasteiger partial charge >= 0.3 is 0 Å². The highest BCUT2D eigenvalue weighted by atomic mass is 32.2. The fourth-order valence-corrected chi connectivity index (χ4v) is 4.38. The van der Waals surface area contributed by atoms with E-state index in [1.54, 1.807) is 61.0 Å². The molecule has 1 aromatic heterocycles. The Morgan fingerprint density at radius 3 is 2.43 bits per heavy atom. The van der Waals surface area contributed by atoms with Crippen LogP contribution in [0.2, 0.25) is 0 Å². The highest BCUT2D eigenvalue weighted by Crippen LogP contribution is 2.30. The van der Waals surface area contributed by atoms with Gasteiger partial charge in [0.25, 0.3) is 15.6 Å². The van der Waals surface area contributed by atoms with Crippen LogP contribution < -0.4 is 15.0 Å². The SMILES string of the molecule is COc1cc(C(C)C)ccc1S(=O)(=O)Nc1ccc2c(c1)cc(C)c(=O)n2C. The van der Waals surface area contributed by atoms with E-state index in [1.807, 2.05) is 13.8 Å². The van der Waals surface area contributed by atoms with Gasteiger partial charge in [-0.25, -0.2) is 8.42 Å². The number of hydrogen-bond acceptors (Lipinski definition) is 4. The van der Waals surface area contributed by atoms with Crippen molar-refractivity contribution in [1.29, 1.82) is 0 Å². The predicted octanol–water partition coefficient (Wildman–Crippen LogP) is 3.78. The molecular formula is C21H24N2O4S. The van der Waals surface area contributed by atoms with Crippen LogP contribution in [0.4, 0.5) is 5.69 Å². The van der Waals surface area contributed by atoms with E-state index < -0.39 is 10.0 Å². The van der Waals surface area contributed by atoms with Gasteiger partial charge < -0.3 is 9.30 Å². The maximum atomic E-state index is 12.9. The molecule has 0 saturated carbocycles. The summed E-state index contributed by atoms with van der Waals surface area (Å²) in [6.45, 7) is 5.80. The Balaban J connectivity index is 2.03. The number of methoxy groups -OCH3 is 1. The van der Waals surface area contributed by atoms with Crippen LogP contribution >= 0.6 is 0 Å². The average molecular weight is 401 g/mol. The summed E-state index contributed by atoms with van der Waals surface area (Å²) in [5.74, 6) is 0.562. The van der Waals surface area contributed by atoms with E-state index in [4.69, 9.17) is 4.74 Å². The van der Waals surface area contributed by atoms with E-state index in [0.29, 0.717) is 17.0 Å². The smallest absolute Gasteiger partial charge is 0.265 e. The minimum atomic E-state index is -3.84. The van der Waals surface area contributed by atoms with Gasteiger partial charge in [0.15, 0.2) is 0 Å². The van der Waals surface area contributed by atoms with Gasteiger partial charge in [-0.15, -0.1) is 0 Å². The molecule has 7 heteroatoms. The Bertz CT molecular complexity index is 1210. The molecule has 0 aliphatic heterocycles. The average Bonchev–Trinajstić information content (AvgIpc) is 2.65. The molecule has 0 atom stereocenters. The molecule has 0 aliphatic rings. The number of hydrogen-bond donors (Lipinski definition) is 1. The molecular weight excluding hydrogens is 376 g/mol. The number of nitrogens with zero attached hydrogens (tertiary/aromatic N) is 1. The molecule has 0 fully saturated rings. The summed E-state index contributed by atoms with van der Waals surface area (Å²) in [6, 6.07) is 11.9. The summed E-state index contributed by atoms with van der Waals surface area (Å²) in [4.78, 5) is 12.1. The second-order valence-corrected chi connectivity index (χ2v) is 8.79. The Morgan fingerprint density at radius 1 is 1.07 bits per heavy atom. The third-order valence-corrected chi connectivity index (χ3v) is 6.22. The molecule has 148 valence electrons. The lowest BCUT2D eigenvalue weighted by Gasteiger charge is -2.15. The monoisotopic (exact) mass is 400 g/mol. The molecule has 3 rings (SSSR count). The summed E-state index contributed by atoms with van der Waals surface area (Å²) < 4.78 is 35.4. The van der Waals surface area contributed by atoms with Crippen LogP contribution in [0.1, 0.15) is 30.9 Å². The minimum Gasteiger partial charge on any atom is -0.495 e. The number of pyridine rings is 1. The molecule has 0 spiro atoms. The van der Waals surface area contributed by atoms with Crippen molar-refractivity contribution in [2.75, 3.05) is 11.8 Å². The van der Waals surface area contributed by atoms with E-state index in [-0.39, 0.29) is 16.4 Å². The fourth-order valence-electron chi connectivity index (χ4n) is 3.18. The minimum absolute atomic E-state index is 0.0733. The maximum Gasteiger partial charge on any atom is 0.265 e. The Labute approximate surface area is 164 Å². The summed E-state index contributed by atoms with van der Waals surface area (Å²) in [5, 5.41) is 0.780. The van der Waals surface area contributed by atoms with Gasteiger partial charge in [0.05, 0.1) is 12.6 Å². The first-order valence-electron chi connectivity index (χ1n) is 8.95. The Hall–Kier alpha value is -2.80. The quantitative estimate of drug-likeness (QED) is 0.707. The first-order valence-corrected chi connectivity index (χ1v) is 10.4. The molecule has 0 amide bonds. The normalized spacial score (nSPS) is 11.8. The fraction of sp³-hybridized carbons (Fsp3) is 0.286. The molecule has 1 heterocycles. The number of aromatic nitrogens is 1. The molecule has 2 aromatic carbocycles. The lowest BCUT2D eigenvalue weighted by molar-refractivity contribution is 0.402. The molecule has 0 bridgehead atoms. The number of ether oxygens (including phenoxy) is 1. The van der Waals surface area contributed by atoms with Gasteiger partial charge in [-0.1, -0.05) is 19.9 Å². The molecule has 28 heavy (non-hydrogen) atoms.